The molecule has 0 aromatic carbocycles. The van der Waals surface area contributed by atoms with Gasteiger partial charge in [0.2, 0.25) is 5.91 Å². The Balaban J connectivity index is 0.000000606. The van der Waals surface area contributed by atoms with Gasteiger partial charge in [-0.3, -0.25) is 9.48 Å². The maximum Gasteiger partial charge on any atom is 0.224 e. The molecule has 5 nitrogen and oxygen atoms in total. The lowest BCUT2D eigenvalue weighted by Gasteiger charge is -2.25. The molecule has 90 valence electrons. The van der Waals surface area contributed by atoms with E-state index in [1.54, 1.807) is 6.20 Å². The first-order valence-corrected chi connectivity index (χ1v) is 5.71. The molecule has 0 saturated carbocycles. The number of anilines is 1. The minimum absolute atomic E-state index is 0.00871. The van der Waals surface area contributed by atoms with E-state index < -0.39 is 0 Å². The molecule has 0 atom stereocenters. The summed E-state index contributed by atoms with van der Waals surface area (Å²) >= 11 is 0. The zero-order valence-electron chi connectivity index (χ0n) is 10.1. The van der Waals surface area contributed by atoms with Gasteiger partial charge in [-0.15, -0.1) is 0 Å². The van der Waals surface area contributed by atoms with Crippen LogP contribution in [0.2, 0.25) is 0 Å². The molecule has 1 amide bonds. The molecule has 0 bridgehead atoms. The molecule has 1 aliphatic heterocycles. The maximum atomic E-state index is 11.1. The monoisotopic (exact) mass is 225 g/mol. The lowest BCUT2D eigenvalue weighted by atomic mass is 10.3. The maximum absolute atomic E-state index is 11.1. The van der Waals surface area contributed by atoms with Gasteiger partial charge >= 0.3 is 0 Å². The number of hydrogen-bond acceptors (Lipinski definition) is 3. The van der Waals surface area contributed by atoms with E-state index in [1.807, 2.05) is 31.6 Å². The van der Waals surface area contributed by atoms with Crippen LogP contribution >= 0.6 is 0 Å². The molecule has 1 aliphatic rings. The number of carbonyl (C=O) groups is 1. The Morgan fingerprint density at radius 2 is 2.31 bits per heavy atom. The summed E-state index contributed by atoms with van der Waals surface area (Å²) in [6, 6.07) is 0.335. The quantitative estimate of drug-likeness (QED) is 0.853. The number of hydrogen-bond donors (Lipinski definition) is 1. The summed E-state index contributed by atoms with van der Waals surface area (Å²) in [7, 11) is 0. The molecular weight excluding hydrogens is 206 g/mol. The summed E-state index contributed by atoms with van der Waals surface area (Å²) < 4.78 is 6.88. The Morgan fingerprint density at radius 1 is 1.62 bits per heavy atom. The number of ether oxygens (including phenoxy) is 1. The molecule has 5 heteroatoms. The van der Waals surface area contributed by atoms with Gasteiger partial charge in [0, 0.05) is 12.6 Å². The molecular formula is C11H19N3O2. The second kappa shape index (κ2) is 6.27. The van der Waals surface area contributed by atoms with Crippen LogP contribution in [0.1, 0.15) is 33.2 Å². The fourth-order valence-electron chi connectivity index (χ4n) is 1.23. The smallest absolute Gasteiger partial charge is 0.224 e. The van der Waals surface area contributed by atoms with Gasteiger partial charge < -0.3 is 10.1 Å². The second-order valence-electron chi connectivity index (χ2n) is 3.30. The Kier molecular flexibility index (Phi) is 4.98. The van der Waals surface area contributed by atoms with Crippen LogP contribution in [-0.2, 0) is 9.53 Å². The van der Waals surface area contributed by atoms with Gasteiger partial charge in [0.1, 0.15) is 0 Å². The first-order chi connectivity index (χ1) is 7.79. The number of amides is 1. The van der Waals surface area contributed by atoms with E-state index in [2.05, 4.69) is 10.4 Å². The van der Waals surface area contributed by atoms with E-state index in [1.165, 1.54) is 0 Å². The highest BCUT2D eigenvalue weighted by Gasteiger charge is 2.21. The van der Waals surface area contributed by atoms with E-state index in [9.17, 15) is 4.79 Å². The third kappa shape index (κ3) is 3.06. The highest BCUT2D eigenvalue weighted by molar-refractivity contribution is 5.90. The molecule has 1 N–H and O–H groups in total. The molecule has 2 rings (SSSR count). The lowest BCUT2D eigenvalue weighted by molar-refractivity contribution is -0.115. The second-order valence-corrected chi connectivity index (χ2v) is 3.30. The highest BCUT2D eigenvalue weighted by atomic mass is 16.5. The molecule has 16 heavy (non-hydrogen) atoms. The van der Waals surface area contributed by atoms with E-state index in [0.29, 0.717) is 25.7 Å². The first kappa shape index (κ1) is 12.7. The molecule has 0 unspecified atom stereocenters. The summed E-state index contributed by atoms with van der Waals surface area (Å²) in [5, 5.41) is 6.90. The van der Waals surface area contributed by atoms with Crippen LogP contribution in [0.5, 0.6) is 0 Å². The van der Waals surface area contributed by atoms with Crippen molar-refractivity contribution in [2.45, 2.75) is 33.2 Å². The van der Waals surface area contributed by atoms with Crippen LogP contribution in [0.25, 0.3) is 0 Å². The summed E-state index contributed by atoms with van der Waals surface area (Å²) in [4.78, 5) is 11.1. The van der Waals surface area contributed by atoms with E-state index in [-0.39, 0.29) is 5.91 Å². The SMILES string of the molecule is CC.CCC(=O)Nc1cnn(C2COC2)c1. The van der Waals surface area contributed by atoms with Gasteiger partial charge in [-0.2, -0.15) is 5.10 Å². The van der Waals surface area contributed by atoms with Crippen LogP contribution in [0.15, 0.2) is 12.4 Å². The van der Waals surface area contributed by atoms with Crippen molar-refractivity contribution in [2.24, 2.45) is 0 Å². The molecule has 1 aromatic rings. The third-order valence-electron chi connectivity index (χ3n) is 2.20. The van der Waals surface area contributed by atoms with Crippen molar-refractivity contribution in [3.63, 3.8) is 0 Å². The molecule has 0 radical (unpaired) electrons. The number of aromatic nitrogens is 2. The molecule has 1 saturated heterocycles. The van der Waals surface area contributed by atoms with Crippen molar-refractivity contribution >= 4 is 11.6 Å². The molecule has 1 fully saturated rings. The van der Waals surface area contributed by atoms with Gasteiger partial charge in [-0.1, -0.05) is 20.8 Å². The minimum Gasteiger partial charge on any atom is -0.377 e. The average Bonchev–Trinajstić information content (AvgIpc) is 2.66. The Morgan fingerprint density at radius 3 is 2.81 bits per heavy atom. The van der Waals surface area contributed by atoms with Crippen molar-refractivity contribution in [3.05, 3.63) is 12.4 Å². The predicted octanol–water partition coefficient (Wildman–Crippen LogP) is 1.83. The summed E-state index contributed by atoms with van der Waals surface area (Å²) in [5.74, 6) is 0.00871. The highest BCUT2D eigenvalue weighted by Crippen LogP contribution is 2.18. The van der Waals surface area contributed by atoms with Crippen LogP contribution in [0.4, 0.5) is 5.69 Å². The summed E-state index contributed by atoms with van der Waals surface area (Å²) in [5.41, 5.74) is 0.753. The Hall–Kier alpha value is -1.36. The van der Waals surface area contributed by atoms with Crippen molar-refractivity contribution < 1.29 is 9.53 Å². The standard InChI is InChI=1S/C9H13N3O2.C2H6/c1-2-9(13)11-7-3-10-12(4-7)8-5-14-6-8;1-2/h3-4,8H,2,5-6H2,1H3,(H,11,13);1-2H3. The predicted molar refractivity (Wildman–Crippen MR) is 62.4 cm³/mol. The van der Waals surface area contributed by atoms with E-state index >= 15 is 0 Å². The summed E-state index contributed by atoms with van der Waals surface area (Å²) in [6.07, 6.45) is 3.98. The normalized spacial score (nSPS) is 14.7. The van der Waals surface area contributed by atoms with Crippen molar-refractivity contribution in [1.82, 2.24) is 9.78 Å². The van der Waals surface area contributed by atoms with Gasteiger partial charge in [-0.25, -0.2) is 0 Å². The molecule has 1 aromatic heterocycles. The molecule has 0 spiro atoms. The van der Waals surface area contributed by atoms with Gasteiger partial charge in [0.05, 0.1) is 31.1 Å². The minimum atomic E-state index is 0.00871. The molecule has 2 heterocycles. The van der Waals surface area contributed by atoms with Crippen molar-refractivity contribution in [3.8, 4) is 0 Å². The van der Waals surface area contributed by atoms with Crippen LogP contribution in [-0.4, -0.2) is 28.9 Å². The van der Waals surface area contributed by atoms with Crippen LogP contribution in [0.3, 0.4) is 0 Å². The van der Waals surface area contributed by atoms with Crippen molar-refractivity contribution in [1.29, 1.82) is 0 Å². The van der Waals surface area contributed by atoms with Gasteiger partial charge in [0.25, 0.3) is 0 Å². The first-order valence-electron chi connectivity index (χ1n) is 5.71. The van der Waals surface area contributed by atoms with E-state index in [4.69, 9.17) is 4.74 Å². The topological polar surface area (TPSA) is 56.2 Å². The van der Waals surface area contributed by atoms with Crippen molar-refractivity contribution in [2.75, 3.05) is 18.5 Å². The zero-order valence-corrected chi connectivity index (χ0v) is 10.1. The number of carbonyl (C=O) groups excluding carboxylic acids is 1. The largest absolute Gasteiger partial charge is 0.377 e. The van der Waals surface area contributed by atoms with E-state index in [0.717, 1.165) is 5.69 Å². The Labute approximate surface area is 95.8 Å². The Bertz CT molecular complexity index is 332. The average molecular weight is 225 g/mol. The van der Waals surface area contributed by atoms with Crippen LogP contribution < -0.4 is 5.32 Å². The molecule has 0 aliphatic carbocycles. The summed E-state index contributed by atoms with van der Waals surface area (Å²) in [6.45, 7) is 7.24. The third-order valence-corrected chi connectivity index (χ3v) is 2.20. The lowest BCUT2D eigenvalue weighted by Crippen LogP contribution is -2.30. The number of nitrogens with zero attached hydrogens (tertiary/aromatic N) is 2. The van der Waals surface area contributed by atoms with Gasteiger partial charge in [-0.05, 0) is 0 Å². The fourth-order valence-corrected chi connectivity index (χ4v) is 1.23. The number of rotatable bonds is 3. The van der Waals surface area contributed by atoms with Crippen LogP contribution in [0, 0.1) is 0 Å². The number of nitrogens with one attached hydrogen (secondary N) is 1. The fraction of sp³-hybridized carbons (Fsp3) is 0.636. The van der Waals surface area contributed by atoms with Gasteiger partial charge in [0.15, 0.2) is 0 Å². The zero-order chi connectivity index (χ0) is 12.0.